The largest absolute Gasteiger partial charge is 0.335 e. The molecule has 0 radical (unpaired) electrons. The van der Waals surface area contributed by atoms with Crippen LogP contribution in [0.5, 0.6) is 0 Å². The number of nitrogens with one attached hydrogen (secondary N) is 2. The summed E-state index contributed by atoms with van der Waals surface area (Å²) in [4.78, 5) is 35.8. The van der Waals surface area contributed by atoms with E-state index in [4.69, 9.17) is 0 Å². The van der Waals surface area contributed by atoms with Crippen LogP contribution in [0.4, 0.5) is 14.5 Å². The van der Waals surface area contributed by atoms with E-state index in [0.717, 1.165) is 36.3 Å². The number of aromatic nitrogens is 2. The topological polar surface area (TPSA) is 87.2 Å². The van der Waals surface area contributed by atoms with Gasteiger partial charge in [-0.15, -0.1) is 11.3 Å². The van der Waals surface area contributed by atoms with Gasteiger partial charge < -0.3 is 15.5 Å². The number of amides is 2. The number of carbonyl (C=O) groups excluding carboxylic acids is 2. The molecule has 3 aromatic rings. The average molecular weight is 486 g/mol. The Morgan fingerprint density at radius 3 is 2.47 bits per heavy atom. The number of fused-ring (bicyclic) bond motifs is 2. The summed E-state index contributed by atoms with van der Waals surface area (Å²) in [5, 5.41) is 7.63. The summed E-state index contributed by atoms with van der Waals surface area (Å²) in [5.41, 5.74) is 0.322. The molecule has 2 N–H and O–H groups in total. The zero-order chi connectivity index (χ0) is 24.2. The van der Waals surface area contributed by atoms with E-state index in [9.17, 15) is 18.4 Å². The van der Waals surface area contributed by atoms with Gasteiger partial charge in [0.05, 0.1) is 23.0 Å². The molecule has 7 nitrogen and oxygen atoms in total. The highest BCUT2D eigenvalue weighted by molar-refractivity contribution is 7.13. The van der Waals surface area contributed by atoms with E-state index in [0.29, 0.717) is 30.7 Å². The molecule has 5 rings (SSSR count). The molecule has 2 unspecified atom stereocenters. The van der Waals surface area contributed by atoms with E-state index in [1.165, 1.54) is 23.8 Å². The second-order valence-electron chi connectivity index (χ2n) is 7.86. The molecule has 2 atom stereocenters. The molecule has 2 aromatic heterocycles. The first-order valence-corrected chi connectivity index (χ1v) is 12.1. The first-order valence-electron chi connectivity index (χ1n) is 11.2. The van der Waals surface area contributed by atoms with Crippen molar-refractivity contribution in [2.24, 2.45) is 0 Å². The van der Waals surface area contributed by atoms with Crippen LogP contribution in [-0.4, -0.2) is 51.9 Å². The number of thiazole rings is 1. The summed E-state index contributed by atoms with van der Waals surface area (Å²) >= 11 is 0.961. The maximum atomic E-state index is 14.0. The maximum Gasteiger partial charge on any atom is 0.275 e. The Balaban J connectivity index is 0.00000133. The van der Waals surface area contributed by atoms with Gasteiger partial charge in [-0.3, -0.25) is 14.6 Å². The lowest BCUT2D eigenvalue weighted by Crippen LogP contribution is -2.53. The molecule has 2 amide bonds. The number of likely N-dealkylation sites (tertiary alicyclic amines) is 1. The van der Waals surface area contributed by atoms with Crippen LogP contribution in [0.2, 0.25) is 0 Å². The molecule has 4 heterocycles. The van der Waals surface area contributed by atoms with Gasteiger partial charge in [-0.1, -0.05) is 19.9 Å². The SMILES string of the molecule is CC.O=C(Nc1cnccc1C(=O)N1CC2CCC(C1)N2)c1csc(-c2c(F)cccc2F)n1. The number of anilines is 1. The normalized spacial score (nSPS) is 18.8. The van der Waals surface area contributed by atoms with Crippen LogP contribution in [0.3, 0.4) is 0 Å². The smallest absolute Gasteiger partial charge is 0.275 e. The third kappa shape index (κ3) is 4.83. The lowest BCUT2D eigenvalue weighted by molar-refractivity contribution is 0.0698. The van der Waals surface area contributed by atoms with Crippen molar-refractivity contribution in [1.29, 1.82) is 0 Å². The van der Waals surface area contributed by atoms with Crippen LogP contribution in [-0.2, 0) is 0 Å². The lowest BCUT2D eigenvalue weighted by Gasteiger charge is -2.33. The molecule has 2 bridgehead atoms. The highest BCUT2D eigenvalue weighted by Gasteiger charge is 2.35. The molecule has 10 heteroatoms. The molecular weight excluding hydrogens is 460 g/mol. The summed E-state index contributed by atoms with van der Waals surface area (Å²) in [6, 6.07) is 5.70. The highest BCUT2D eigenvalue weighted by Crippen LogP contribution is 2.29. The van der Waals surface area contributed by atoms with E-state index >= 15 is 0 Å². The summed E-state index contributed by atoms with van der Waals surface area (Å²) in [7, 11) is 0. The zero-order valence-corrected chi connectivity index (χ0v) is 19.7. The standard InChI is InChI=1S/C22H19F2N5O2S.C2H6/c23-15-2-1-3-16(24)19(15)21-28-18(11-32-21)20(30)27-17-8-25-7-6-14(17)22(31)29-9-12-4-5-13(10-29)26-12;1-2/h1-3,6-8,11-13,26H,4-5,9-10H2,(H,27,30);1-2H3. The molecule has 1 aromatic carbocycles. The van der Waals surface area contributed by atoms with Crippen LogP contribution in [0.25, 0.3) is 10.6 Å². The molecular formula is C24H25F2N5O2S. The molecule has 0 saturated carbocycles. The molecule has 2 saturated heterocycles. The Morgan fingerprint density at radius 1 is 1.12 bits per heavy atom. The van der Waals surface area contributed by atoms with Crippen molar-refractivity contribution >= 4 is 28.8 Å². The Morgan fingerprint density at radius 2 is 1.79 bits per heavy atom. The minimum atomic E-state index is -0.753. The molecule has 178 valence electrons. The summed E-state index contributed by atoms with van der Waals surface area (Å²) in [6.45, 7) is 5.24. The second kappa shape index (κ2) is 10.4. The Labute approximate surface area is 200 Å². The van der Waals surface area contributed by atoms with Gasteiger partial charge in [0.1, 0.15) is 22.3 Å². The van der Waals surface area contributed by atoms with E-state index in [2.05, 4.69) is 20.6 Å². The number of pyridine rings is 1. The minimum absolute atomic E-state index is 0.00452. The van der Waals surface area contributed by atoms with Gasteiger partial charge in [0.25, 0.3) is 11.8 Å². The molecule has 34 heavy (non-hydrogen) atoms. The lowest BCUT2D eigenvalue weighted by atomic mass is 10.1. The monoisotopic (exact) mass is 485 g/mol. The Hall–Kier alpha value is -3.24. The first-order chi connectivity index (χ1) is 16.5. The van der Waals surface area contributed by atoms with Gasteiger partial charge in [-0.05, 0) is 31.0 Å². The van der Waals surface area contributed by atoms with Crippen molar-refractivity contribution in [1.82, 2.24) is 20.2 Å². The van der Waals surface area contributed by atoms with Crippen molar-refractivity contribution in [2.75, 3.05) is 18.4 Å². The minimum Gasteiger partial charge on any atom is -0.335 e. The molecule has 2 fully saturated rings. The second-order valence-corrected chi connectivity index (χ2v) is 8.72. The van der Waals surface area contributed by atoms with Crippen molar-refractivity contribution in [3.63, 3.8) is 0 Å². The number of carbonyl (C=O) groups is 2. The van der Waals surface area contributed by atoms with Crippen LogP contribution in [0.1, 0.15) is 47.5 Å². The predicted molar refractivity (Wildman–Crippen MR) is 127 cm³/mol. The van der Waals surface area contributed by atoms with Crippen molar-refractivity contribution in [3.8, 4) is 10.6 Å². The van der Waals surface area contributed by atoms with Gasteiger partial charge in [0.2, 0.25) is 0 Å². The highest BCUT2D eigenvalue weighted by atomic mass is 32.1. The predicted octanol–water partition coefficient (Wildman–Crippen LogP) is 4.34. The van der Waals surface area contributed by atoms with Crippen LogP contribution in [0, 0.1) is 11.6 Å². The molecule has 2 aliphatic rings. The van der Waals surface area contributed by atoms with Crippen molar-refractivity contribution in [2.45, 2.75) is 38.8 Å². The van der Waals surface area contributed by atoms with Crippen LogP contribution >= 0.6 is 11.3 Å². The van der Waals surface area contributed by atoms with Crippen molar-refractivity contribution in [3.05, 3.63) is 64.9 Å². The van der Waals surface area contributed by atoms with E-state index in [1.54, 1.807) is 11.0 Å². The number of rotatable bonds is 4. The third-order valence-corrected chi connectivity index (χ3v) is 6.58. The average Bonchev–Trinajstić information content (AvgIpc) is 3.46. The maximum absolute atomic E-state index is 14.0. The fourth-order valence-electron chi connectivity index (χ4n) is 4.20. The van der Waals surface area contributed by atoms with E-state index in [-0.39, 0.29) is 27.9 Å². The fourth-order valence-corrected chi connectivity index (χ4v) is 5.04. The molecule has 0 aliphatic carbocycles. The number of hydrogen-bond donors (Lipinski definition) is 2. The quantitative estimate of drug-likeness (QED) is 0.574. The van der Waals surface area contributed by atoms with Crippen LogP contribution < -0.4 is 10.6 Å². The zero-order valence-electron chi connectivity index (χ0n) is 18.8. The van der Waals surface area contributed by atoms with Gasteiger partial charge in [-0.25, -0.2) is 13.8 Å². The summed E-state index contributed by atoms with van der Waals surface area (Å²) < 4.78 is 28.1. The van der Waals surface area contributed by atoms with Gasteiger partial charge in [0, 0.05) is 36.8 Å². The van der Waals surface area contributed by atoms with Crippen molar-refractivity contribution < 1.29 is 18.4 Å². The van der Waals surface area contributed by atoms with Gasteiger partial charge >= 0.3 is 0 Å². The Bertz CT molecular complexity index is 1170. The first kappa shape index (κ1) is 23.9. The van der Waals surface area contributed by atoms with Gasteiger partial charge in [-0.2, -0.15) is 0 Å². The van der Waals surface area contributed by atoms with Crippen LogP contribution in [0.15, 0.2) is 42.0 Å². The van der Waals surface area contributed by atoms with E-state index in [1.807, 2.05) is 13.8 Å². The third-order valence-electron chi connectivity index (χ3n) is 5.72. The van der Waals surface area contributed by atoms with E-state index < -0.39 is 17.5 Å². The summed E-state index contributed by atoms with van der Waals surface area (Å²) in [5.74, 6) is -2.27. The number of halogens is 2. The summed E-state index contributed by atoms with van der Waals surface area (Å²) in [6.07, 6.45) is 5.00. The van der Waals surface area contributed by atoms with Gasteiger partial charge in [0.15, 0.2) is 0 Å². The number of benzene rings is 1. The number of nitrogens with zero attached hydrogens (tertiary/aromatic N) is 3. The Kier molecular flexibility index (Phi) is 7.28. The fraction of sp³-hybridized carbons (Fsp3) is 0.333. The number of hydrogen-bond acceptors (Lipinski definition) is 6. The molecule has 2 aliphatic heterocycles. The number of piperazine rings is 1. The molecule has 0 spiro atoms.